The fourth-order valence-corrected chi connectivity index (χ4v) is 1.93. The summed E-state index contributed by atoms with van der Waals surface area (Å²) in [6.07, 6.45) is 0. The smallest absolute Gasteiger partial charge is 0.315 e. The molecule has 0 aliphatic rings. The highest BCUT2D eigenvalue weighted by molar-refractivity contribution is 5.73. The van der Waals surface area contributed by atoms with E-state index in [1.165, 1.54) is 5.56 Å². The molecular formula is C17H29N3O2. The molecule has 0 saturated carbocycles. The van der Waals surface area contributed by atoms with Gasteiger partial charge in [0.25, 0.3) is 0 Å². The fraction of sp³-hybridized carbons (Fsp3) is 0.588. The van der Waals surface area contributed by atoms with Crippen LogP contribution >= 0.6 is 0 Å². The molecule has 5 nitrogen and oxygen atoms in total. The van der Waals surface area contributed by atoms with Crippen LogP contribution in [0.5, 0.6) is 0 Å². The Hall–Kier alpha value is -1.59. The number of hydrogen-bond acceptors (Lipinski definition) is 3. The first-order chi connectivity index (χ1) is 10.2. The number of urea groups is 1. The molecule has 22 heavy (non-hydrogen) atoms. The molecule has 124 valence electrons. The largest absolute Gasteiger partial charge is 0.388 e. The highest BCUT2D eigenvalue weighted by Crippen LogP contribution is 2.14. The topological polar surface area (TPSA) is 64.6 Å². The van der Waals surface area contributed by atoms with Gasteiger partial charge < -0.3 is 20.6 Å². The molecule has 0 radical (unpaired) electrons. The maximum absolute atomic E-state index is 11.9. The minimum Gasteiger partial charge on any atom is -0.388 e. The van der Waals surface area contributed by atoms with Gasteiger partial charge in [-0.3, -0.25) is 0 Å². The van der Waals surface area contributed by atoms with Crippen molar-refractivity contribution in [3.05, 3.63) is 35.4 Å². The molecular weight excluding hydrogens is 278 g/mol. The van der Waals surface area contributed by atoms with Gasteiger partial charge in [-0.2, -0.15) is 0 Å². The van der Waals surface area contributed by atoms with Crippen molar-refractivity contribution < 1.29 is 9.90 Å². The van der Waals surface area contributed by atoms with Crippen molar-refractivity contribution in [2.24, 2.45) is 5.92 Å². The molecule has 0 saturated heterocycles. The quantitative estimate of drug-likeness (QED) is 0.721. The van der Waals surface area contributed by atoms with Crippen molar-refractivity contribution in [1.82, 2.24) is 15.5 Å². The van der Waals surface area contributed by atoms with E-state index in [1.807, 2.05) is 46.1 Å². The number of carbonyl (C=O) groups is 1. The number of aliphatic hydroxyl groups is 1. The first-order valence-corrected chi connectivity index (χ1v) is 7.68. The molecule has 3 N–H and O–H groups in total. The molecule has 0 aliphatic carbocycles. The van der Waals surface area contributed by atoms with Crippen molar-refractivity contribution in [3.63, 3.8) is 0 Å². The lowest BCUT2D eigenvalue weighted by Crippen LogP contribution is -2.47. The Kier molecular flexibility index (Phi) is 6.84. The van der Waals surface area contributed by atoms with Gasteiger partial charge in [-0.1, -0.05) is 38.1 Å². The molecule has 1 atom stereocenters. The minimum absolute atomic E-state index is 0.0774. The van der Waals surface area contributed by atoms with Crippen LogP contribution in [0.15, 0.2) is 24.3 Å². The summed E-state index contributed by atoms with van der Waals surface area (Å²) in [7, 11) is 4.04. The fourth-order valence-electron chi connectivity index (χ4n) is 1.93. The SMILES string of the molecule is CC(C)C(C)(O)CNC(=O)NCc1ccccc1CN(C)C. The van der Waals surface area contributed by atoms with E-state index in [0.717, 1.165) is 12.1 Å². The standard InChI is InChI=1S/C17H29N3O2/c1-13(2)17(3,22)12-19-16(21)18-10-14-8-6-7-9-15(14)11-20(4)5/h6-9,13,22H,10-12H2,1-5H3,(H2,18,19,21). The molecule has 0 spiro atoms. The zero-order valence-electron chi connectivity index (χ0n) is 14.3. The van der Waals surface area contributed by atoms with Crippen LogP contribution in [-0.2, 0) is 13.1 Å². The lowest BCUT2D eigenvalue weighted by molar-refractivity contribution is 0.0166. The highest BCUT2D eigenvalue weighted by Gasteiger charge is 2.25. The minimum atomic E-state index is -0.903. The van der Waals surface area contributed by atoms with Crippen LogP contribution in [0.4, 0.5) is 4.79 Å². The molecule has 2 amide bonds. The first kappa shape index (κ1) is 18.5. The van der Waals surface area contributed by atoms with Crippen molar-refractivity contribution in [2.75, 3.05) is 20.6 Å². The van der Waals surface area contributed by atoms with Crippen molar-refractivity contribution in [2.45, 2.75) is 39.5 Å². The van der Waals surface area contributed by atoms with E-state index in [9.17, 15) is 9.90 Å². The second-order valence-corrected chi connectivity index (χ2v) is 6.55. The number of nitrogens with zero attached hydrogens (tertiary/aromatic N) is 1. The maximum Gasteiger partial charge on any atom is 0.315 e. The molecule has 1 rings (SSSR count). The van der Waals surface area contributed by atoms with E-state index < -0.39 is 5.60 Å². The lowest BCUT2D eigenvalue weighted by atomic mass is 9.93. The molecule has 0 bridgehead atoms. The molecule has 5 heteroatoms. The Morgan fingerprint density at radius 1 is 1.23 bits per heavy atom. The van der Waals surface area contributed by atoms with Crippen LogP contribution in [0, 0.1) is 5.92 Å². The molecule has 1 aromatic carbocycles. The number of amides is 2. The van der Waals surface area contributed by atoms with E-state index in [1.54, 1.807) is 6.92 Å². The van der Waals surface area contributed by atoms with E-state index >= 15 is 0 Å². The monoisotopic (exact) mass is 307 g/mol. The van der Waals surface area contributed by atoms with Crippen LogP contribution < -0.4 is 10.6 Å². The highest BCUT2D eigenvalue weighted by atomic mass is 16.3. The summed E-state index contributed by atoms with van der Waals surface area (Å²) in [6.45, 7) is 7.12. The van der Waals surface area contributed by atoms with Crippen LogP contribution in [0.2, 0.25) is 0 Å². The Labute approximate surface area is 133 Å². The third kappa shape index (κ3) is 6.03. The summed E-state index contributed by atoms with van der Waals surface area (Å²) in [4.78, 5) is 14.0. The predicted octanol–water partition coefficient (Wildman–Crippen LogP) is 1.95. The second-order valence-electron chi connectivity index (χ2n) is 6.55. The Balaban J connectivity index is 2.51. The van der Waals surface area contributed by atoms with Crippen molar-refractivity contribution >= 4 is 6.03 Å². The number of nitrogens with one attached hydrogen (secondary N) is 2. The van der Waals surface area contributed by atoms with E-state index in [-0.39, 0.29) is 18.5 Å². The van der Waals surface area contributed by atoms with Gasteiger partial charge in [0.15, 0.2) is 0 Å². The number of rotatable bonds is 7. The number of benzene rings is 1. The van der Waals surface area contributed by atoms with Gasteiger partial charge in [-0.15, -0.1) is 0 Å². The van der Waals surface area contributed by atoms with E-state index in [0.29, 0.717) is 6.54 Å². The summed E-state index contributed by atoms with van der Waals surface area (Å²) < 4.78 is 0. The number of hydrogen-bond donors (Lipinski definition) is 3. The predicted molar refractivity (Wildman–Crippen MR) is 89.5 cm³/mol. The third-order valence-corrected chi connectivity index (χ3v) is 3.89. The Morgan fingerprint density at radius 3 is 2.36 bits per heavy atom. The van der Waals surface area contributed by atoms with Gasteiger partial charge in [-0.25, -0.2) is 4.79 Å². The molecule has 1 aromatic rings. The summed E-state index contributed by atoms with van der Waals surface area (Å²) in [6, 6.07) is 7.79. The first-order valence-electron chi connectivity index (χ1n) is 7.68. The van der Waals surface area contributed by atoms with Crippen molar-refractivity contribution in [1.29, 1.82) is 0 Å². The maximum atomic E-state index is 11.9. The third-order valence-electron chi connectivity index (χ3n) is 3.89. The van der Waals surface area contributed by atoms with E-state index in [4.69, 9.17) is 0 Å². The average molecular weight is 307 g/mol. The summed E-state index contributed by atoms with van der Waals surface area (Å²) >= 11 is 0. The van der Waals surface area contributed by atoms with Gasteiger partial charge in [0.2, 0.25) is 0 Å². The van der Waals surface area contributed by atoms with Crippen LogP contribution in [0.3, 0.4) is 0 Å². The zero-order valence-corrected chi connectivity index (χ0v) is 14.3. The van der Waals surface area contributed by atoms with Gasteiger partial charge in [0.05, 0.1) is 5.60 Å². The zero-order chi connectivity index (χ0) is 16.8. The summed E-state index contributed by atoms with van der Waals surface area (Å²) in [5.41, 5.74) is 1.39. The van der Waals surface area contributed by atoms with Gasteiger partial charge in [0, 0.05) is 19.6 Å². The van der Waals surface area contributed by atoms with Crippen molar-refractivity contribution in [3.8, 4) is 0 Å². The molecule has 0 heterocycles. The van der Waals surface area contributed by atoms with E-state index in [2.05, 4.69) is 21.6 Å². The average Bonchev–Trinajstić information content (AvgIpc) is 2.43. The molecule has 1 unspecified atom stereocenters. The Morgan fingerprint density at radius 2 is 1.82 bits per heavy atom. The number of carbonyl (C=O) groups excluding carboxylic acids is 1. The van der Waals surface area contributed by atoms with Gasteiger partial charge in [-0.05, 0) is 38.1 Å². The Bertz CT molecular complexity index is 485. The van der Waals surface area contributed by atoms with Crippen LogP contribution in [-0.4, -0.2) is 42.3 Å². The van der Waals surface area contributed by atoms with Crippen LogP contribution in [0.25, 0.3) is 0 Å². The lowest BCUT2D eigenvalue weighted by Gasteiger charge is -2.27. The molecule has 0 aliphatic heterocycles. The summed E-state index contributed by atoms with van der Waals surface area (Å²) in [5, 5.41) is 15.7. The second kappa shape index (κ2) is 8.15. The molecule has 0 fully saturated rings. The van der Waals surface area contributed by atoms with Gasteiger partial charge >= 0.3 is 6.03 Å². The summed E-state index contributed by atoms with van der Waals surface area (Å²) in [5.74, 6) is 0.0774. The molecule has 0 aromatic heterocycles. The normalized spacial score (nSPS) is 14.0. The van der Waals surface area contributed by atoms with Gasteiger partial charge in [0.1, 0.15) is 0 Å². The van der Waals surface area contributed by atoms with Crippen LogP contribution in [0.1, 0.15) is 31.9 Å².